The maximum atomic E-state index is 10.9. The van der Waals surface area contributed by atoms with Gasteiger partial charge in [-0.2, -0.15) is 5.10 Å². The smallest absolute Gasteiger partial charge is 0.267 e. The van der Waals surface area contributed by atoms with Gasteiger partial charge >= 0.3 is 0 Å². The molecule has 0 aliphatic carbocycles. The molecule has 2 aromatic rings. The SMILES string of the molecule is O=c1cc(OCc2ccc(Cl)cn2)cn[nH]1. The highest BCUT2D eigenvalue weighted by atomic mass is 35.5. The molecule has 5 nitrogen and oxygen atoms in total. The van der Waals surface area contributed by atoms with E-state index >= 15 is 0 Å². The Morgan fingerprint density at radius 1 is 1.38 bits per heavy atom. The molecule has 0 bridgehead atoms. The van der Waals surface area contributed by atoms with E-state index < -0.39 is 0 Å². The topological polar surface area (TPSA) is 67.9 Å². The molecule has 6 heteroatoms. The summed E-state index contributed by atoms with van der Waals surface area (Å²) in [5, 5.41) is 6.44. The summed E-state index contributed by atoms with van der Waals surface area (Å²) in [5.41, 5.74) is 0.422. The lowest BCUT2D eigenvalue weighted by Crippen LogP contribution is -2.07. The summed E-state index contributed by atoms with van der Waals surface area (Å²) in [7, 11) is 0. The van der Waals surface area contributed by atoms with Crippen LogP contribution in [0.1, 0.15) is 5.69 Å². The van der Waals surface area contributed by atoms with Crippen LogP contribution in [0.4, 0.5) is 0 Å². The summed E-state index contributed by atoms with van der Waals surface area (Å²) in [6.45, 7) is 0.266. The van der Waals surface area contributed by atoms with E-state index in [9.17, 15) is 4.79 Å². The predicted molar refractivity (Wildman–Crippen MR) is 58.4 cm³/mol. The first kappa shape index (κ1) is 10.6. The number of ether oxygens (including phenoxy) is 1. The Morgan fingerprint density at radius 2 is 2.25 bits per heavy atom. The van der Waals surface area contributed by atoms with E-state index in [0.717, 1.165) is 5.69 Å². The molecular formula is C10H8ClN3O2. The van der Waals surface area contributed by atoms with Gasteiger partial charge in [-0.05, 0) is 12.1 Å². The molecule has 82 valence electrons. The fraction of sp³-hybridized carbons (Fsp3) is 0.100. The van der Waals surface area contributed by atoms with E-state index in [1.54, 1.807) is 12.1 Å². The lowest BCUT2D eigenvalue weighted by molar-refractivity contribution is 0.299. The van der Waals surface area contributed by atoms with Gasteiger partial charge in [0.2, 0.25) is 0 Å². The minimum absolute atomic E-state index is 0.266. The first-order chi connectivity index (χ1) is 7.74. The maximum absolute atomic E-state index is 10.9. The Labute approximate surface area is 96.1 Å². The van der Waals surface area contributed by atoms with Crippen LogP contribution < -0.4 is 10.3 Å². The van der Waals surface area contributed by atoms with Gasteiger partial charge < -0.3 is 4.74 Å². The van der Waals surface area contributed by atoms with E-state index in [2.05, 4.69) is 15.2 Å². The zero-order valence-electron chi connectivity index (χ0n) is 8.18. The number of halogens is 1. The van der Waals surface area contributed by atoms with E-state index in [0.29, 0.717) is 10.8 Å². The van der Waals surface area contributed by atoms with Gasteiger partial charge in [-0.1, -0.05) is 11.6 Å². The molecule has 2 aromatic heterocycles. The highest BCUT2D eigenvalue weighted by Gasteiger charge is 1.98. The van der Waals surface area contributed by atoms with Crippen molar-refractivity contribution in [2.45, 2.75) is 6.61 Å². The predicted octanol–water partition coefficient (Wildman–Crippen LogP) is 1.40. The average molecular weight is 238 g/mol. The maximum Gasteiger partial charge on any atom is 0.267 e. The van der Waals surface area contributed by atoms with Crippen molar-refractivity contribution in [3.63, 3.8) is 0 Å². The largest absolute Gasteiger partial charge is 0.485 e. The van der Waals surface area contributed by atoms with Crippen molar-refractivity contribution >= 4 is 11.6 Å². The second-order valence-electron chi connectivity index (χ2n) is 3.04. The zero-order valence-corrected chi connectivity index (χ0v) is 8.94. The summed E-state index contributed by atoms with van der Waals surface area (Å²) in [6, 6.07) is 4.80. The third kappa shape index (κ3) is 2.80. The fourth-order valence-corrected chi connectivity index (χ4v) is 1.20. The Morgan fingerprint density at radius 3 is 2.94 bits per heavy atom. The van der Waals surface area contributed by atoms with Gasteiger partial charge in [0.05, 0.1) is 16.9 Å². The molecule has 2 heterocycles. The van der Waals surface area contributed by atoms with Crippen LogP contribution in [0.3, 0.4) is 0 Å². The van der Waals surface area contributed by atoms with Crippen molar-refractivity contribution in [3.05, 3.63) is 51.7 Å². The lowest BCUT2D eigenvalue weighted by Gasteiger charge is -2.03. The monoisotopic (exact) mass is 237 g/mol. The van der Waals surface area contributed by atoms with E-state index in [1.165, 1.54) is 18.5 Å². The third-order valence-corrected chi connectivity index (χ3v) is 2.04. The minimum Gasteiger partial charge on any atom is -0.485 e. The highest BCUT2D eigenvalue weighted by molar-refractivity contribution is 6.30. The summed E-state index contributed by atoms with van der Waals surface area (Å²) in [6.07, 6.45) is 2.97. The molecular weight excluding hydrogens is 230 g/mol. The van der Waals surface area contributed by atoms with Crippen LogP contribution in [0.2, 0.25) is 5.02 Å². The van der Waals surface area contributed by atoms with Crippen molar-refractivity contribution in [1.82, 2.24) is 15.2 Å². The van der Waals surface area contributed by atoms with Gasteiger partial charge in [0.1, 0.15) is 12.4 Å². The van der Waals surface area contributed by atoms with Crippen LogP contribution in [0.15, 0.2) is 35.4 Å². The Balaban J connectivity index is 2.02. The number of pyridine rings is 1. The zero-order chi connectivity index (χ0) is 11.4. The molecule has 0 aliphatic rings. The molecule has 0 aromatic carbocycles. The molecule has 2 rings (SSSR count). The molecule has 0 saturated heterocycles. The summed E-state index contributed by atoms with van der Waals surface area (Å²) >= 11 is 5.69. The van der Waals surface area contributed by atoms with Crippen LogP contribution in [0.25, 0.3) is 0 Å². The number of hydrogen-bond donors (Lipinski definition) is 1. The van der Waals surface area contributed by atoms with Crippen LogP contribution in [0, 0.1) is 0 Å². The molecule has 0 radical (unpaired) electrons. The Kier molecular flexibility index (Phi) is 3.16. The van der Waals surface area contributed by atoms with E-state index in [1.807, 2.05) is 0 Å². The van der Waals surface area contributed by atoms with Crippen LogP contribution in [0.5, 0.6) is 5.75 Å². The third-order valence-electron chi connectivity index (χ3n) is 1.82. The molecule has 0 unspecified atom stereocenters. The molecule has 0 amide bonds. The van der Waals surface area contributed by atoms with Gasteiger partial charge in [0.15, 0.2) is 0 Å². The van der Waals surface area contributed by atoms with Crippen molar-refractivity contribution in [1.29, 1.82) is 0 Å². The Bertz CT molecular complexity index is 524. The van der Waals surface area contributed by atoms with Crippen LogP contribution in [-0.4, -0.2) is 15.2 Å². The van der Waals surface area contributed by atoms with Crippen LogP contribution in [-0.2, 0) is 6.61 Å². The second-order valence-corrected chi connectivity index (χ2v) is 3.47. The van der Waals surface area contributed by atoms with Gasteiger partial charge in [-0.15, -0.1) is 0 Å². The fourth-order valence-electron chi connectivity index (χ4n) is 1.09. The van der Waals surface area contributed by atoms with Crippen LogP contribution >= 0.6 is 11.6 Å². The normalized spacial score (nSPS) is 10.1. The minimum atomic E-state index is -0.304. The van der Waals surface area contributed by atoms with Crippen molar-refractivity contribution in [2.24, 2.45) is 0 Å². The summed E-state index contributed by atoms with van der Waals surface area (Å²) < 4.78 is 5.32. The lowest BCUT2D eigenvalue weighted by atomic mass is 10.4. The number of hydrogen-bond acceptors (Lipinski definition) is 4. The summed E-state index contributed by atoms with van der Waals surface area (Å²) in [4.78, 5) is 15.0. The first-order valence-corrected chi connectivity index (χ1v) is 4.90. The molecule has 0 saturated carbocycles. The van der Waals surface area contributed by atoms with Crippen molar-refractivity contribution in [3.8, 4) is 5.75 Å². The van der Waals surface area contributed by atoms with Gasteiger partial charge in [0.25, 0.3) is 5.56 Å². The van der Waals surface area contributed by atoms with E-state index in [4.69, 9.17) is 16.3 Å². The number of nitrogens with zero attached hydrogens (tertiary/aromatic N) is 2. The second kappa shape index (κ2) is 4.76. The highest BCUT2D eigenvalue weighted by Crippen LogP contribution is 2.09. The Hall–Kier alpha value is -1.88. The number of aromatic amines is 1. The molecule has 0 aliphatic heterocycles. The molecule has 0 spiro atoms. The molecule has 0 atom stereocenters. The van der Waals surface area contributed by atoms with Crippen molar-refractivity contribution < 1.29 is 4.74 Å². The number of aromatic nitrogens is 3. The number of rotatable bonds is 3. The standard InChI is InChI=1S/C10H8ClN3O2/c11-7-1-2-8(12-4-7)6-16-9-3-10(15)14-13-5-9/h1-5H,6H2,(H,14,15). The van der Waals surface area contributed by atoms with Gasteiger partial charge in [0, 0.05) is 12.3 Å². The van der Waals surface area contributed by atoms with Gasteiger partial charge in [-0.3, -0.25) is 9.78 Å². The van der Waals surface area contributed by atoms with E-state index in [-0.39, 0.29) is 12.2 Å². The molecule has 16 heavy (non-hydrogen) atoms. The first-order valence-electron chi connectivity index (χ1n) is 4.52. The average Bonchev–Trinajstić information content (AvgIpc) is 2.28. The van der Waals surface area contributed by atoms with Crippen molar-refractivity contribution in [2.75, 3.05) is 0 Å². The molecule has 1 N–H and O–H groups in total. The summed E-state index contributed by atoms with van der Waals surface area (Å²) in [5.74, 6) is 0.403. The van der Waals surface area contributed by atoms with Gasteiger partial charge in [-0.25, -0.2) is 5.10 Å². The number of nitrogens with one attached hydrogen (secondary N) is 1. The quantitative estimate of drug-likeness (QED) is 0.876. The molecule has 0 fully saturated rings. The number of H-pyrrole nitrogens is 1.